The molecule has 0 bridgehead atoms. The summed E-state index contributed by atoms with van der Waals surface area (Å²) in [6.45, 7) is 2.33. The number of aliphatic hydroxyl groups is 1. The van der Waals surface area contributed by atoms with Crippen LogP contribution in [0, 0.1) is 0 Å². The molecule has 0 unspecified atom stereocenters. The van der Waals surface area contributed by atoms with Crippen molar-refractivity contribution in [3.8, 4) is 0 Å². The molecule has 0 radical (unpaired) electrons. The Labute approximate surface area is 164 Å². The molecular formula is C24H48O2. The molecule has 0 heterocycles. The van der Waals surface area contributed by atoms with E-state index in [1.807, 2.05) is 6.92 Å². The molecule has 0 spiro atoms. The second kappa shape index (κ2) is 22.7. The van der Waals surface area contributed by atoms with Gasteiger partial charge in [-0.05, 0) is 12.8 Å². The molecule has 0 aromatic rings. The fourth-order valence-corrected chi connectivity index (χ4v) is 3.62. The molecule has 0 aromatic carbocycles. The smallest absolute Gasteiger partial charge is 0.132 e. The third-order valence-electron chi connectivity index (χ3n) is 5.51. The third-order valence-corrected chi connectivity index (χ3v) is 5.51. The van der Waals surface area contributed by atoms with Crippen LogP contribution < -0.4 is 0 Å². The lowest BCUT2D eigenvalue weighted by Crippen LogP contribution is -1.94. The van der Waals surface area contributed by atoms with Crippen LogP contribution in [0.25, 0.3) is 0 Å². The lowest BCUT2D eigenvalue weighted by molar-refractivity contribution is -0.118. The highest BCUT2D eigenvalue weighted by atomic mass is 16.2. The molecule has 0 rings (SSSR count). The predicted molar refractivity (Wildman–Crippen MR) is 115 cm³/mol. The van der Waals surface area contributed by atoms with E-state index in [-0.39, 0.29) is 0 Å². The SMILES string of the molecule is CCC(=O)CCCCCCCCCCCCCCCCCCCCCO. The molecular weight excluding hydrogens is 320 g/mol. The zero-order valence-corrected chi connectivity index (χ0v) is 17.9. The lowest BCUT2D eigenvalue weighted by Gasteiger charge is -2.04. The quantitative estimate of drug-likeness (QED) is 0.198. The van der Waals surface area contributed by atoms with Crippen molar-refractivity contribution in [1.29, 1.82) is 0 Å². The van der Waals surface area contributed by atoms with Gasteiger partial charge in [-0.3, -0.25) is 4.79 Å². The second-order valence-corrected chi connectivity index (χ2v) is 8.08. The Balaban J connectivity index is 3.00. The maximum atomic E-state index is 11.2. The van der Waals surface area contributed by atoms with Crippen LogP contribution in [0.1, 0.15) is 142 Å². The number of Topliss-reactive ketones (excluding diaryl/α,β-unsaturated/α-hetero) is 1. The molecule has 0 aromatic heterocycles. The summed E-state index contributed by atoms with van der Waals surface area (Å²) in [6, 6.07) is 0. The van der Waals surface area contributed by atoms with E-state index in [9.17, 15) is 4.79 Å². The summed E-state index contributed by atoms with van der Waals surface area (Å²) in [7, 11) is 0. The van der Waals surface area contributed by atoms with E-state index in [1.165, 1.54) is 109 Å². The molecule has 0 atom stereocenters. The van der Waals surface area contributed by atoms with Gasteiger partial charge in [-0.15, -0.1) is 0 Å². The summed E-state index contributed by atoms with van der Waals surface area (Å²) in [5, 5.41) is 8.72. The highest BCUT2D eigenvalue weighted by molar-refractivity contribution is 5.77. The fraction of sp³-hybridized carbons (Fsp3) is 0.958. The number of unbranched alkanes of at least 4 members (excludes halogenated alkanes) is 18. The molecule has 0 fully saturated rings. The van der Waals surface area contributed by atoms with Crippen LogP contribution in [0.5, 0.6) is 0 Å². The lowest BCUT2D eigenvalue weighted by atomic mass is 10.0. The minimum atomic E-state index is 0.363. The van der Waals surface area contributed by atoms with Gasteiger partial charge in [-0.2, -0.15) is 0 Å². The summed E-state index contributed by atoms with van der Waals surface area (Å²) in [5.41, 5.74) is 0. The molecule has 0 saturated carbocycles. The minimum Gasteiger partial charge on any atom is -0.396 e. The largest absolute Gasteiger partial charge is 0.396 e. The van der Waals surface area contributed by atoms with E-state index in [4.69, 9.17) is 5.11 Å². The van der Waals surface area contributed by atoms with Gasteiger partial charge in [-0.25, -0.2) is 0 Å². The van der Waals surface area contributed by atoms with Crippen LogP contribution in [0.2, 0.25) is 0 Å². The molecule has 0 aliphatic carbocycles. The molecule has 0 aliphatic rings. The van der Waals surface area contributed by atoms with Crippen molar-refractivity contribution in [2.24, 2.45) is 0 Å². The number of ketones is 1. The standard InChI is InChI=1S/C24H48O2/c1-2-24(26)22-20-18-16-14-12-10-8-6-4-3-5-7-9-11-13-15-17-19-21-23-25/h25H,2-23H2,1H3. The van der Waals surface area contributed by atoms with Gasteiger partial charge in [0.1, 0.15) is 5.78 Å². The number of carbonyl (C=O) groups excluding carboxylic acids is 1. The van der Waals surface area contributed by atoms with E-state index in [0.717, 1.165) is 19.3 Å². The highest BCUT2D eigenvalue weighted by Gasteiger charge is 1.98. The van der Waals surface area contributed by atoms with Crippen molar-refractivity contribution in [3.05, 3.63) is 0 Å². The molecule has 2 heteroatoms. The predicted octanol–water partition coefficient (Wildman–Crippen LogP) is 7.76. The number of hydrogen-bond donors (Lipinski definition) is 1. The fourth-order valence-electron chi connectivity index (χ4n) is 3.62. The van der Waals surface area contributed by atoms with Crippen LogP contribution >= 0.6 is 0 Å². The first-order valence-corrected chi connectivity index (χ1v) is 11.9. The van der Waals surface area contributed by atoms with E-state index < -0.39 is 0 Å². The van der Waals surface area contributed by atoms with Crippen molar-refractivity contribution in [2.75, 3.05) is 6.61 Å². The Morgan fingerprint density at radius 1 is 0.500 bits per heavy atom. The Kier molecular flexibility index (Phi) is 22.3. The Morgan fingerprint density at radius 2 is 0.769 bits per heavy atom. The monoisotopic (exact) mass is 368 g/mol. The van der Waals surface area contributed by atoms with E-state index in [2.05, 4.69) is 0 Å². The van der Waals surface area contributed by atoms with E-state index >= 15 is 0 Å². The third kappa shape index (κ3) is 21.7. The van der Waals surface area contributed by atoms with Crippen LogP contribution in [0.3, 0.4) is 0 Å². The van der Waals surface area contributed by atoms with Gasteiger partial charge in [0, 0.05) is 19.4 Å². The van der Waals surface area contributed by atoms with Crippen LogP contribution in [0.15, 0.2) is 0 Å². The summed E-state index contributed by atoms with van der Waals surface area (Å²) in [6.07, 6.45) is 27.0. The summed E-state index contributed by atoms with van der Waals surface area (Å²) >= 11 is 0. The van der Waals surface area contributed by atoms with Crippen LogP contribution in [-0.2, 0) is 4.79 Å². The molecule has 2 nitrogen and oxygen atoms in total. The van der Waals surface area contributed by atoms with Gasteiger partial charge in [0.2, 0.25) is 0 Å². The van der Waals surface area contributed by atoms with Crippen molar-refractivity contribution >= 4 is 5.78 Å². The van der Waals surface area contributed by atoms with Gasteiger partial charge in [0.15, 0.2) is 0 Å². The zero-order chi connectivity index (χ0) is 19.1. The van der Waals surface area contributed by atoms with Gasteiger partial charge in [0.05, 0.1) is 0 Å². The highest BCUT2D eigenvalue weighted by Crippen LogP contribution is 2.14. The van der Waals surface area contributed by atoms with Gasteiger partial charge in [0.25, 0.3) is 0 Å². The summed E-state index contributed by atoms with van der Waals surface area (Å²) in [5.74, 6) is 0.430. The number of hydrogen-bond acceptors (Lipinski definition) is 2. The first-order chi connectivity index (χ1) is 12.8. The van der Waals surface area contributed by atoms with E-state index in [1.54, 1.807) is 0 Å². The first-order valence-electron chi connectivity index (χ1n) is 11.9. The number of aliphatic hydroxyl groups excluding tert-OH is 1. The maximum absolute atomic E-state index is 11.2. The zero-order valence-electron chi connectivity index (χ0n) is 17.9. The van der Waals surface area contributed by atoms with Gasteiger partial charge >= 0.3 is 0 Å². The summed E-state index contributed by atoms with van der Waals surface area (Å²) in [4.78, 5) is 11.2. The van der Waals surface area contributed by atoms with Crippen molar-refractivity contribution < 1.29 is 9.90 Å². The Morgan fingerprint density at radius 3 is 1.04 bits per heavy atom. The second-order valence-electron chi connectivity index (χ2n) is 8.08. The maximum Gasteiger partial charge on any atom is 0.132 e. The van der Waals surface area contributed by atoms with Crippen LogP contribution in [-0.4, -0.2) is 17.5 Å². The van der Waals surface area contributed by atoms with E-state index in [0.29, 0.717) is 18.8 Å². The molecule has 1 N–H and O–H groups in total. The number of rotatable bonds is 22. The topological polar surface area (TPSA) is 37.3 Å². The Bertz CT molecular complexity index is 275. The average molecular weight is 369 g/mol. The Hall–Kier alpha value is -0.370. The summed E-state index contributed by atoms with van der Waals surface area (Å²) < 4.78 is 0. The molecule has 26 heavy (non-hydrogen) atoms. The molecule has 0 aliphatic heterocycles. The number of carbonyl (C=O) groups is 1. The average Bonchev–Trinajstić information content (AvgIpc) is 2.66. The normalized spacial score (nSPS) is 11.2. The first kappa shape index (κ1) is 25.6. The van der Waals surface area contributed by atoms with Gasteiger partial charge < -0.3 is 5.11 Å². The van der Waals surface area contributed by atoms with Crippen molar-refractivity contribution in [3.63, 3.8) is 0 Å². The molecule has 0 saturated heterocycles. The van der Waals surface area contributed by atoms with Crippen molar-refractivity contribution in [2.45, 2.75) is 142 Å². The van der Waals surface area contributed by atoms with Crippen molar-refractivity contribution in [1.82, 2.24) is 0 Å². The molecule has 156 valence electrons. The van der Waals surface area contributed by atoms with Crippen LogP contribution in [0.4, 0.5) is 0 Å². The molecule has 0 amide bonds. The van der Waals surface area contributed by atoms with Gasteiger partial charge in [-0.1, -0.05) is 116 Å². The minimum absolute atomic E-state index is 0.363.